The number of alkyl carbamates (subject to hydrolysis) is 1. The number of carbonyl (C=O) groups excluding carboxylic acids is 5. The molecule has 4 atom stereocenters. The number of likely N-dealkylation sites (tertiary alicyclic amines) is 1. The molecule has 0 aliphatic carbocycles. The maximum Gasteiger partial charge on any atom is 0.407 e. The van der Waals surface area contributed by atoms with Crippen molar-refractivity contribution in [3.05, 3.63) is 129 Å². The number of likely N-dealkylation sites (N-methyl/N-ethyl adjacent to an activating group) is 1. The second-order valence-electron chi connectivity index (χ2n) is 21.0. The van der Waals surface area contributed by atoms with Crippen molar-refractivity contribution in [3.63, 3.8) is 0 Å². The van der Waals surface area contributed by atoms with E-state index in [9.17, 15) is 34.3 Å². The summed E-state index contributed by atoms with van der Waals surface area (Å²) < 4.78 is 11.8. The Morgan fingerprint density at radius 2 is 1.77 bits per heavy atom. The highest BCUT2D eigenvalue weighted by molar-refractivity contribution is 6.36. The van der Waals surface area contributed by atoms with Gasteiger partial charge in [-0.05, 0) is 111 Å². The van der Waals surface area contributed by atoms with Crippen molar-refractivity contribution in [2.75, 3.05) is 74.6 Å². The lowest BCUT2D eigenvalue weighted by Crippen LogP contribution is -2.56. The second kappa shape index (κ2) is 24.8. The Bertz CT molecular complexity index is 3260. The van der Waals surface area contributed by atoms with Crippen LogP contribution in [0, 0.1) is 11.3 Å². The van der Waals surface area contributed by atoms with Gasteiger partial charge in [-0.2, -0.15) is 15.2 Å². The number of fused-ring (bicyclic) bond motifs is 3. The quantitative estimate of drug-likeness (QED) is 0.0482. The normalized spacial score (nSPS) is 19.9. The Balaban J connectivity index is 0.703. The fourth-order valence-corrected chi connectivity index (χ4v) is 11.9. The van der Waals surface area contributed by atoms with Crippen molar-refractivity contribution in [2.45, 2.75) is 95.4 Å². The van der Waals surface area contributed by atoms with E-state index in [1.165, 1.54) is 4.90 Å². The van der Waals surface area contributed by atoms with Gasteiger partial charge in [0.25, 0.3) is 11.8 Å². The number of halogens is 2. The molecule has 418 valence electrons. The number of nitrogens with zero attached hydrogens (tertiary/aromatic N) is 8. The molecule has 3 saturated heterocycles. The van der Waals surface area contributed by atoms with Crippen molar-refractivity contribution >= 4 is 81.0 Å². The van der Waals surface area contributed by atoms with E-state index in [0.717, 1.165) is 69.6 Å². The summed E-state index contributed by atoms with van der Waals surface area (Å²) in [5.74, 6) is -0.310. The number of urea groups is 1. The third kappa shape index (κ3) is 12.5. The van der Waals surface area contributed by atoms with Gasteiger partial charge >= 0.3 is 18.1 Å². The molecule has 5 aromatic rings. The number of piperidine rings is 1. The fourth-order valence-electron chi connectivity index (χ4n) is 11.4. The zero-order chi connectivity index (χ0) is 56.0. The standard InChI is InChI=1S/C58H64Cl2N12O8/c1-35(33-80-58(78)62-22-5-9-37-14-15-40(59)28-46(37)64-56(77)63-29-36-13-16-43-39(27-36)30-72(55(43)76)49-17-18-50(73)66-53(49)74)54(75)71-26-25-70(31-41(71)19-21-61)52-44-20-24-69(48-12-4-8-38-7-3-11-45(60)51(38)48)32-47(44)65-57(67-52)79-34-42-10-6-23-68(42)2/h3-4,7-8,11-16,27-28,41-42,49-50,73H,1,5-6,9-10,17-20,22-26,29-34H2,2H3,(H,62,78)(H,66,74)(H2,63,64,77)/t41-,42-,49?,50?/m0/s1. The lowest BCUT2D eigenvalue weighted by molar-refractivity contribution is -0.132. The summed E-state index contributed by atoms with van der Waals surface area (Å²) in [6.07, 6.45) is 2.84. The molecule has 5 N–H and O–H groups in total. The molecule has 0 bridgehead atoms. The predicted molar refractivity (Wildman–Crippen MR) is 302 cm³/mol. The van der Waals surface area contributed by atoms with Crippen molar-refractivity contribution < 1.29 is 38.6 Å². The molecule has 0 spiro atoms. The SMILES string of the molecule is C=C(COC(=O)NCCCc1ccc(Cl)cc1NC(=O)NCc1ccc2c(c1)CN(C1CCC(O)NC1=O)C2=O)C(=O)N1CCN(c2nc(OC[C@@H]3CCCN3C)nc3c2CCN(c2cccc4cccc(Cl)c24)C3)C[C@@H]1CC#N. The van der Waals surface area contributed by atoms with Crippen LogP contribution in [-0.2, 0) is 46.8 Å². The van der Waals surface area contributed by atoms with Gasteiger partial charge in [0.1, 0.15) is 31.3 Å². The van der Waals surface area contributed by atoms with Gasteiger partial charge in [0.2, 0.25) is 5.91 Å². The zero-order valence-electron chi connectivity index (χ0n) is 44.5. The number of rotatable bonds is 17. The maximum atomic E-state index is 14.0. The Morgan fingerprint density at radius 1 is 0.938 bits per heavy atom. The van der Waals surface area contributed by atoms with Crippen LogP contribution in [0.2, 0.25) is 10.0 Å². The third-order valence-corrected chi connectivity index (χ3v) is 16.2. The zero-order valence-corrected chi connectivity index (χ0v) is 46.0. The van der Waals surface area contributed by atoms with Gasteiger partial charge in [0, 0.05) is 90.3 Å². The van der Waals surface area contributed by atoms with Crippen LogP contribution in [0.15, 0.2) is 84.9 Å². The number of piperazine rings is 1. The minimum Gasteiger partial charge on any atom is -0.462 e. The van der Waals surface area contributed by atoms with Crippen LogP contribution in [0.4, 0.5) is 26.8 Å². The number of amides is 6. The van der Waals surface area contributed by atoms with E-state index < -0.39 is 36.3 Å². The molecule has 6 heterocycles. The number of ether oxygens (including phenoxy) is 2. The molecule has 3 fully saturated rings. The molecule has 0 saturated carbocycles. The largest absolute Gasteiger partial charge is 0.462 e. The number of carbonyl (C=O) groups is 5. The number of aliphatic hydroxyl groups excluding tert-OH is 1. The van der Waals surface area contributed by atoms with Gasteiger partial charge in [-0.3, -0.25) is 14.4 Å². The van der Waals surface area contributed by atoms with Crippen LogP contribution in [0.1, 0.15) is 76.8 Å². The van der Waals surface area contributed by atoms with Crippen LogP contribution in [0.5, 0.6) is 6.01 Å². The van der Waals surface area contributed by atoms with Crippen LogP contribution in [0.25, 0.3) is 10.8 Å². The fraction of sp³-hybridized carbons (Fsp3) is 0.414. The summed E-state index contributed by atoms with van der Waals surface area (Å²) >= 11 is 13.1. The summed E-state index contributed by atoms with van der Waals surface area (Å²) in [5.41, 5.74) is 6.21. The minimum absolute atomic E-state index is 0.0592. The number of aromatic nitrogens is 2. The highest BCUT2D eigenvalue weighted by Gasteiger charge is 2.40. The number of hydrogen-bond acceptors (Lipinski definition) is 14. The molecule has 1 aromatic heterocycles. The minimum atomic E-state index is -0.918. The molecular weight excluding hydrogens is 1060 g/mol. The molecule has 22 heteroatoms. The van der Waals surface area contributed by atoms with Gasteiger partial charge in [-0.25, -0.2) is 9.59 Å². The van der Waals surface area contributed by atoms with Gasteiger partial charge < -0.3 is 60.3 Å². The topological polar surface area (TPSA) is 238 Å². The first-order chi connectivity index (χ1) is 38.7. The van der Waals surface area contributed by atoms with Gasteiger partial charge in [0.05, 0.1) is 35.8 Å². The van der Waals surface area contributed by atoms with E-state index in [1.54, 1.807) is 35.2 Å². The van der Waals surface area contributed by atoms with E-state index in [-0.39, 0.29) is 62.6 Å². The van der Waals surface area contributed by atoms with Crippen molar-refractivity contribution in [1.82, 2.24) is 40.6 Å². The van der Waals surface area contributed by atoms with E-state index >= 15 is 0 Å². The number of aryl methyl sites for hydroxylation is 1. The molecule has 5 aliphatic heterocycles. The van der Waals surface area contributed by atoms with Crippen molar-refractivity contribution in [1.29, 1.82) is 5.26 Å². The number of hydrogen-bond donors (Lipinski definition) is 5. The average Bonchev–Trinajstić information content (AvgIpc) is 4.04. The Kier molecular flexibility index (Phi) is 17.2. The Labute approximate surface area is 474 Å². The van der Waals surface area contributed by atoms with Gasteiger partial charge in [-0.1, -0.05) is 72.2 Å². The van der Waals surface area contributed by atoms with Crippen LogP contribution >= 0.6 is 23.2 Å². The maximum absolute atomic E-state index is 14.0. The summed E-state index contributed by atoms with van der Waals surface area (Å²) in [4.78, 5) is 85.6. The molecule has 80 heavy (non-hydrogen) atoms. The highest BCUT2D eigenvalue weighted by Crippen LogP contribution is 2.38. The first-order valence-corrected chi connectivity index (χ1v) is 27.9. The van der Waals surface area contributed by atoms with Crippen LogP contribution < -0.4 is 35.8 Å². The highest BCUT2D eigenvalue weighted by atomic mass is 35.5. The Morgan fingerprint density at radius 3 is 2.58 bits per heavy atom. The second-order valence-corrected chi connectivity index (χ2v) is 21.8. The predicted octanol–water partition coefficient (Wildman–Crippen LogP) is 6.69. The number of nitriles is 1. The Hall–Kier alpha value is -7.70. The summed E-state index contributed by atoms with van der Waals surface area (Å²) in [6, 6.07) is 23.7. The van der Waals surface area contributed by atoms with Gasteiger partial charge in [-0.15, -0.1) is 0 Å². The van der Waals surface area contributed by atoms with E-state index in [0.29, 0.717) is 92.2 Å². The average molecular weight is 1130 g/mol. The van der Waals surface area contributed by atoms with E-state index in [1.807, 2.05) is 24.3 Å². The van der Waals surface area contributed by atoms with Gasteiger partial charge in [0.15, 0.2) is 0 Å². The molecule has 5 aliphatic rings. The van der Waals surface area contributed by atoms with Crippen molar-refractivity contribution in [2.24, 2.45) is 0 Å². The number of benzene rings is 4. The monoisotopic (exact) mass is 1130 g/mol. The van der Waals surface area contributed by atoms with Crippen LogP contribution in [0.3, 0.4) is 0 Å². The number of anilines is 3. The summed E-state index contributed by atoms with van der Waals surface area (Å²) in [5, 5.41) is 33.9. The molecule has 6 amide bonds. The number of aliphatic hydroxyl groups is 1. The lowest BCUT2D eigenvalue weighted by atomic mass is 10.0. The molecular formula is C58H64Cl2N12O8. The molecule has 2 unspecified atom stereocenters. The summed E-state index contributed by atoms with van der Waals surface area (Å²) in [7, 11) is 2.10. The smallest absolute Gasteiger partial charge is 0.407 e. The third-order valence-electron chi connectivity index (χ3n) is 15.7. The van der Waals surface area contributed by atoms with E-state index in [4.69, 9.17) is 42.6 Å². The summed E-state index contributed by atoms with van der Waals surface area (Å²) in [6.45, 7) is 7.94. The lowest BCUT2D eigenvalue weighted by Gasteiger charge is -2.42. The van der Waals surface area contributed by atoms with E-state index in [2.05, 4.69) is 73.9 Å². The first-order valence-electron chi connectivity index (χ1n) is 27.1. The van der Waals surface area contributed by atoms with Crippen molar-refractivity contribution in [3.8, 4) is 12.1 Å². The van der Waals surface area contributed by atoms with Crippen LogP contribution in [-0.4, -0.2) is 144 Å². The molecule has 0 radical (unpaired) electrons. The molecule has 10 rings (SSSR count). The first kappa shape index (κ1) is 55.6. The molecule has 20 nitrogen and oxygen atoms in total. The molecule has 4 aromatic carbocycles. The number of nitrogens with one attached hydrogen (secondary N) is 4.